The van der Waals surface area contributed by atoms with Crippen molar-refractivity contribution in [2.75, 3.05) is 13.6 Å². The first kappa shape index (κ1) is 17.2. The lowest BCUT2D eigenvalue weighted by Crippen LogP contribution is -2.52. The fourth-order valence-corrected chi connectivity index (χ4v) is 3.34. The van der Waals surface area contributed by atoms with Gasteiger partial charge in [0.2, 0.25) is 5.91 Å². The number of pyridine rings is 1. The van der Waals surface area contributed by atoms with Crippen LogP contribution in [0.25, 0.3) is 0 Å². The summed E-state index contributed by atoms with van der Waals surface area (Å²) in [6, 6.07) is 1.37. The summed E-state index contributed by atoms with van der Waals surface area (Å²) in [5.74, 6) is -0.498. The second-order valence-electron chi connectivity index (χ2n) is 6.02. The lowest BCUT2D eigenvalue weighted by atomic mass is 9.99. The standard InChI is InChI=1S/C17H25N3O3/c1-5-19-12(3)10-11(2)14(16(19)22)17(23)20-9-7-6-8-13(20)15(21)18-4/h10,13H,5-9H2,1-4H3,(H,18,21)/t13-/m0/s1. The Balaban J connectivity index is 2.47. The monoisotopic (exact) mass is 319 g/mol. The van der Waals surface area contributed by atoms with Crippen molar-refractivity contribution in [1.29, 1.82) is 0 Å². The number of hydrogen-bond donors (Lipinski definition) is 1. The van der Waals surface area contributed by atoms with Crippen LogP contribution < -0.4 is 10.9 Å². The van der Waals surface area contributed by atoms with Crippen molar-refractivity contribution in [3.63, 3.8) is 0 Å². The van der Waals surface area contributed by atoms with Gasteiger partial charge in [-0.1, -0.05) is 0 Å². The molecule has 0 radical (unpaired) electrons. The van der Waals surface area contributed by atoms with E-state index in [0.717, 1.165) is 18.5 Å². The summed E-state index contributed by atoms with van der Waals surface area (Å²) in [7, 11) is 1.57. The highest BCUT2D eigenvalue weighted by Crippen LogP contribution is 2.20. The molecule has 0 unspecified atom stereocenters. The molecule has 23 heavy (non-hydrogen) atoms. The van der Waals surface area contributed by atoms with Gasteiger partial charge in [-0.05, 0) is 51.7 Å². The normalized spacial score (nSPS) is 17.9. The molecule has 1 N–H and O–H groups in total. The summed E-state index contributed by atoms with van der Waals surface area (Å²) >= 11 is 0. The van der Waals surface area contributed by atoms with E-state index < -0.39 is 6.04 Å². The van der Waals surface area contributed by atoms with Gasteiger partial charge in [-0.3, -0.25) is 14.4 Å². The summed E-state index contributed by atoms with van der Waals surface area (Å²) < 4.78 is 1.60. The number of aromatic nitrogens is 1. The quantitative estimate of drug-likeness (QED) is 0.911. The SMILES string of the molecule is CCn1c(C)cc(C)c(C(=O)N2CCCC[C@H]2C(=O)NC)c1=O. The number of hydrogen-bond acceptors (Lipinski definition) is 3. The van der Waals surface area contributed by atoms with Crippen LogP contribution in [0.5, 0.6) is 0 Å². The topological polar surface area (TPSA) is 71.4 Å². The minimum Gasteiger partial charge on any atom is -0.357 e. The van der Waals surface area contributed by atoms with Gasteiger partial charge in [-0.2, -0.15) is 0 Å². The van der Waals surface area contributed by atoms with Crippen LogP contribution in [-0.2, 0) is 11.3 Å². The van der Waals surface area contributed by atoms with Gasteiger partial charge in [-0.15, -0.1) is 0 Å². The molecule has 6 nitrogen and oxygen atoms in total. The highest BCUT2D eigenvalue weighted by Gasteiger charge is 2.34. The number of likely N-dealkylation sites (tertiary alicyclic amines) is 1. The molecule has 0 saturated carbocycles. The molecule has 1 fully saturated rings. The summed E-state index contributed by atoms with van der Waals surface area (Å²) in [4.78, 5) is 39.3. The van der Waals surface area contributed by atoms with Crippen LogP contribution in [0.15, 0.2) is 10.9 Å². The molecule has 6 heteroatoms. The van der Waals surface area contributed by atoms with Gasteiger partial charge in [0.25, 0.3) is 11.5 Å². The molecular weight excluding hydrogens is 294 g/mol. The number of amides is 2. The molecule has 0 aromatic carbocycles. The maximum Gasteiger partial charge on any atom is 0.263 e. The van der Waals surface area contributed by atoms with Crippen molar-refractivity contribution in [1.82, 2.24) is 14.8 Å². The maximum atomic E-state index is 13.0. The average Bonchev–Trinajstić information content (AvgIpc) is 2.53. The second-order valence-corrected chi connectivity index (χ2v) is 6.02. The molecule has 0 aliphatic carbocycles. The molecule has 1 aliphatic rings. The van der Waals surface area contributed by atoms with E-state index in [-0.39, 0.29) is 22.9 Å². The Bertz CT molecular complexity index is 678. The third kappa shape index (κ3) is 3.16. The first-order chi connectivity index (χ1) is 10.9. The highest BCUT2D eigenvalue weighted by atomic mass is 16.2. The van der Waals surface area contributed by atoms with Crippen molar-refractivity contribution < 1.29 is 9.59 Å². The van der Waals surface area contributed by atoms with Crippen molar-refractivity contribution in [3.8, 4) is 0 Å². The van der Waals surface area contributed by atoms with Crippen molar-refractivity contribution >= 4 is 11.8 Å². The molecule has 2 amide bonds. The smallest absolute Gasteiger partial charge is 0.263 e. The van der Waals surface area contributed by atoms with E-state index in [1.165, 1.54) is 0 Å². The Morgan fingerprint density at radius 1 is 1.30 bits per heavy atom. The first-order valence-electron chi connectivity index (χ1n) is 8.16. The number of carbonyl (C=O) groups excluding carboxylic acids is 2. The molecule has 0 spiro atoms. The maximum absolute atomic E-state index is 13.0. The predicted molar refractivity (Wildman–Crippen MR) is 88.6 cm³/mol. The Kier molecular flexibility index (Phi) is 5.23. The molecule has 1 aromatic rings. The third-order valence-corrected chi connectivity index (χ3v) is 4.55. The van der Waals surface area contributed by atoms with Crippen molar-refractivity contribution in [2.24, 2.45) is 0 Å². The number of nitrogens with zero attached hydrogens (tertiary/aromatic N) is 2. The zero-order valence-electron chi connectivity index (χ0n) is 14.3. The van der Waals surface area contributed by atoms with Gasteiger partial charge >= 0.3 is 0 Å². The van der Waals surface area contributed by atoms with Crippen LogP contribution in [0.2, 0.25) is 0 Å². The number of piperidine rings is 1. The Morgan fingerprint density at radius 3 is 2.61 bits per heavy atom. The van der Waals surface area contributed by atoms with Gasteiger partial charge in [0.05, 0.1) is 0 Å². The van der Waals surface area contributed by atoms with E-state index in [9.17, 15) is 14.4 Å². The lowest BCUT2D eigenvalue weighted by molar-refractivity contribution is -0.126. The number of likely N-dealkylation sites (N-methyl/N-ethyl adjacent to an activating group) is 1. The van der Waals surface area contributed by atoms with E-state index in [4.69, 9.17) is 0 Å². The van der Waals surface area contributed by atoms with Gasteiger partial charge < -0.3 is 14.8 Å². The Morgan fingerprint density at radius 2 is 2.00 bits per heavy atom. The largest absolute Gasteiger partial charge is 0.357 e. The number of rotatable bonds is 3. The van der Waals surface area contributed by atoms with Crippen LogP contribution in [-0.4, -0.2) is 40.9 Å². The van der Waals surface area contributed by atoms with Crippen LogP contribution in [0.1, 0.15) is 47.8 Å². The molecule has 2 rings (SSSR count). The van der Waals surface area contributed by atoms with Gasteiger partial charge in [0, 0.05) is 25.8 Å². The first-order valence-corrected chi connectivity index (χ1v) is 8.16. The number of carbonyl (C=O) groups is 2. The van der Waals surface area contributed by atoms with E-state index in [1.807, 2.05) is 19.9 Å². The molecule has 126 valence electrons. The molecule has 1 saturated heterocycles. The Hall–Kier alpha value is -2.11. The molecule has 1 atom stereocenters. The van der Waals surface area contributed by atoms with E-state index in [2.05, 4.69) is 5.32 Å². The zero-order chi connectivity index (χ0) is 17.1. The molecule has 0 bridgehead atoms. The zero-order valence-corrected chi connectivity index (χ0v) is 14.3. The minimum atomic E-state index is -0.489. The average molecular weight is 319 g/mol. The predicted octanol–water partition coefficient (Wildman–Crippen LogP) is 1.23. The third-order valence-electron chi connectivity index (χ3n) is 4.55. The van der Waals surface area contributed by atoms with Crippen LogP contribution >= 0.6 is 0 Å². The van der Waals surface area contributed by atoms with E-state index in [1.54, 1.807) is 23.4 Å². The van der Waals surface area contributed by atoms with Crippen LogP contribution in [0.4, 0.5) is 0 Å². The lowest BCUT2D eigenvalue weighted by Gasteiger charge is -2.34. The number of nitrogens with one attached hydrogen (secondary N) is 1. The summed E-state index contributed by atoms with van der Waals surface area (Å²) in [6.07, 6.45) is 2.40. The molecule has 1 aliphatic heterocycles. The molecule has 1 aromatic heterocycles. The summed E-state index contributed by atoms with van der Waals surface area (Å²) in [5.41, 5.74) is 1.43. The van der Waals surface area contributed by atoms with Crippen molar-refractivity contribution in [2.45, 2.75) is 52.6 Å². The van der Waals surface area contributed by atoms with Crippen LogP contribution in [0.3, 0.4) is 0 Å². The Labute approximate surface area is 136 Å². The van der Waals surface area contributed by atoms with Crippen molar-refractivity contribution in [3.05, 3.63) is 33.2 Å². The van der Waals surface area contributed by atoms with Gasteiger partial charge in [0.15, 0.2) is 0 Å². The second kappa shape index (κ2) is 6.98. The highest BCUT2D eigenvalue weighted by molar-refractivity contribution is 5.98. The van der Waals surface area contributed by atoms with E-state index >= 15 is 0 Å². The summed E-state index contributed by atoms with van der Waals surface area (Å²) in [6.45, 7) is 6.55. The minimum absolute atomic E-state index is 0.168. The van der Waals surface area contributed by atoms with Gasteiger partial charge in [0.1, 0.15) is 11.6 Å². The van der Waals surface area contributed by atoms with E-state index in [0.29, 0.717) is 25.1 Å². The van der Waals surface area contributed by atoms with Gasteiger partial charge in [-0.25, -0.2) is 0 Å². The fraction of sp³-hybridized carbons (Fsp3) is 0.588. The fourth-order valence-electron chi connectivity index (χ4n) is 3.34. The molecule has 2 heterocycles. The number of aryl methyl sites for hydroxylation is 2. The molecular formula is C17H25N3O3. The van der Waals surface area contributed by atoms with Crippen LogP contribution in [0, 0.1) is 13.8 Å². The summed E-state index contributed by atoms with van der Waals surface area (Å²) in [5, 5.41) is 2.62.